The minimum Gasteiger partial charge on any atom is -0.441 e. The Morgan fingerprint density at radius 3 is 3.00 bits per heavy atom. The molecule has 0 aliphatic carbocycles. The number of aryl methyl sites for hydroxylation is 1. The molecule has 0 radical (unpaired) electrons. The number of aromatic nitrogens is 2. The van der Waals surface area contributed by atoms with Crippen molar-refractivity contribution < 1.29 is 4.42 Å². The quantitative estimate of drug-likeness (QED) is 0.716. The van der Waals surface area contributed by atoms with Crippen LogP contribution in [0.1, 0.15) is 11.6 Å². The van der Waals surface area contributed by atoms with Crippen LogP contribution in [0.15, 0.2) is 28.0 Å². The molecule has 0 bridgehead atoms. The van der Waals surface area contributed by atoms with E-state index in [-0.39, 0.29) is 0 Å². The summed E-state index contributed by atoms with van der Waals surface area (Å²) in [5.74, 6) is 1.35. The van der Waals surface area contributed by atoms with E-state index in [1.807, 2.05) is 30.5 Å². The second-order valence-electron chi connectivity index (χ2n) is 3.72. The average molecular weight is 262 g/mol. The first-order valence-electron chi connectivity index (χ1n) is 5.19. The number of thiazole rings is 1. The van der Waals surface area contributed by atoms with E-state index in [2.05, 4.69) is 22.6 Å². The fourth-order valence-electron chi connectivity index (χ4n) is 1.69. The Labute approximate surface area is 108 Å². The number of hydrogen-bond acceptors (Lipinski definition) is 5. The first-order valence-corrected chi connectivity index (χ1v) is 6.70. The van der Waals surface area contributed by atoms with Gasteiger partial charge in [-0.25, -0.2) is 9.97 Å². The van der Waals surface area contributed by atoms with Crippen molar-refractivity contribution in [3.63, 3.8) is 0 Å². The van der Waals surface area contributed by atoms with Gasteiger partial charge in [0.05, 0.1) is 5.69 Å². The van der Waals surface area contributed by atoms with Crippen LogP contribution < -0.4 is 0 Å². The molecule has 3 rings (SSSR count). The Bertz CT molecular complexity index is 672. The normalized spacial score (nSPS) is 11.2. The molecule has 0 fully saturated rings. The second kappa shape index (κ2) is 4.16. The smallest absolute Gasteiger partial charge is 0.192 e. The van der Waals surface area contributed by atoms with Gasteiger partial charge >= 0.3 is 0 Å². The van der Waals surface area contributed by atoms with Gasteiger partial charge in [0.1, 0.15) is 10.5 Å². The largest absolute Gasteiger partial charge is 0.441 e. The SMILES string of the molecule is Cc1nc2ccc(-c3nc(CS)cs3)cc2o1. The number of oxazole rings is 1. The zero-order valence-electron chi connectivity index (χ0n) is 9.17. The molecule has 1 aromatic carbocycles. The fraction of sp³-hybridized carbons (Fsp3) is 0.167. The molecule has 0 spiro atoms. The summed E-state index contributed by atoms with van der Waals surface area (Å²) in [4.78, 5) is 8.77. The highest BCUT2D eigenvalue weighted by Crippen LogP contribution is 2.27. The molecule has 2 aromatic heterocycles. The Kier molecular flexibility index (Phi) is 2.64. The van der Waals surface area contributed by atoms with Crippen molar-refractivity contribution in [3.8, 4) is 10.6 Å². The molecule has 2 heterocycles. The Morgan fingerprint density at radius 1 is 1.35 bits per heavy atom. The molecule has 0 atom stereocenters. The zero-order valence-corrected chi connectivity index (χ0v) is 10.9. The van der Waals surface area contributed by atoms with E-state index < -0.39 is 0 Å². The van der Waals surface area contributed by atoms with Crippen LogP contribution in [0.2, 0.25) is 0 Å². The molecule has 3 nitrogen and oxygen atoms in total. The number of fused-ring (bicyclic) bond motifs is 1. The van der Waals surface area contributed by atoms with Gasteiger partial charge in [-0.3, -0.25) is 0 Å². The summed E-state index contributed by atoms with van der Waals surface area (Å²) in [5, 5.41) is 3.02. The molecule has 0 unspecified atom stereocenters. The molecular weight excluding hydrogens is 252 g/mol. The highest BCUT2D eigenvalue weighted by Gasteiger charge is 2.07. The van der Waals surface area contributed by atoms with E-state index in [0.29, 0.717) is 11.6 Å². The van der Waals surface area contributed by atoms with E-state index in [1.54, 1.807) is 11.3 Å². The Hall–Kier alpha value is -1.33. The Balaban J connectivity index is 2.10. The van der Waals surface area contributed by atoms with Crippen LogP contribution >= 0.6 is 24.0 Å². The zero-order chi connectivity index (χ0) is 11.8. The van der Waals surface area contributed by atoms with Crippen LogP contribution in [0.4, 0.5) is 0 Å². The van der Waals surface area contributed by atoms with Gasteiger partial charge in [-0.1, -0.05) is 0 Å². The van der Waals surface area contributed by atoms with Gasteiger partial charge in [-0.2, -0.15) is 12.6 Å². The van der Waals surface area contributed by atoms with Crippen molar-refractivity contribution in [2.24, 2.45) is 0 Å². The lowest BCUT2D eigenvalue weighted by Gasteiger charge is -1.94. The maximum Gasteiger partial charge on any atom is 0.192 e. The molecule has 0 amide bonds. The molecule has 17 heavy (non-hydrogen) atoms. The van der Waals surface area contributed by atoms with Gasteiger partial charge in [0.15, 0.2) is 11.5 Å². The second-order valence-corrected chi connectivity index (χ2v) is 4.89. The predicted octanol–water partition coefficient (Wildman–Crippen LogP) is 3.69. The lowest BCUT2D eigenvalue weighted by Crippen LogP contribution is -1.79. The van der Waals surface area contributed by atoms with Crippen molar-refractivity contribution in [2.75, 3.05) is 0 Å². The van der Waals surface area contributed by atoms with E-state index in [1.165, 1.54) is 0 Å². The Morgan fingerprint density at radius 2 is 2.24 bits per heavy atom. The number of thiol groups is 1. The van der Waals surface area contributed by atoms with E-state index in [4.69, 9.17) is 4.42 Å². The molecule has 0 aliphatic heterocycles. The molecule has 86 valence electrons. The van der Waals surface area contributed by atoms with E-state index >= 15 is 0 Å². The van der Waals surface area contributed by atoms with Gasteiger partial charge in [0.25, 0.3) is 0 Å². The summed E-state index contributed by atoms with van der Waals surface area (Å²) in [7, 11) is 0. The molecule has 0 N–H and O–H groups in total. The summed E-state index contributed by atoms with van der Waals surface area (Å²) in [5.41, 5.74) is 3.76. The van der Waals surface area contributed by atoms with Crippen LogP contribution in [0.25, 0.3) is 21.7 Å². The summed E-state index contributed by atoms with van der Waals surface area (Å²) >= 11 is 5.83. The first-order chi connectivity index (χ1) is 8.26. The van der Waals surface area contributed by atoms with Crippen LogP contribution in [0.5, 0.6) is 0 Å². The van der Waals surface area contributed by atoms with Crippen molar-refractivity contribution in [2.45, 2.75) is 12.7 Å². The third-order valence-electron chi connectivity index (χ3n) is 2.46. The van der Waals surface area contributed by atoms with Gasteiger partial charge in [-0.15, -0.1) is 11.3 Å². The summed E-state index contributed by atoms with van der Waals surface area (Å²) < 4.78 is 5.51. The van der Waals surface area contributed by atoms with Crippen molar-refractivity contribution in [3.05, 3.63) is 35.2 Å². The maximum absolute atomic E-state index is 5.51. The number of nitrogens with zero attached hydrogens (tertiary/aromatic N) is 2. The van der Waals surface area contributed by atoms with Crippen LogP contribution in [0.3, 0.4) is 0 Å². The van der Waals surface area contributed by atoms with E-state index in [0.717, 1.165) is 27.4 Å². The third-order valence-corrected chi connectivity index (χ3v) is 3.72. The summed E-state index contributed by atoms with van der Waals surface area (Å²) in [6.45, 7) is 1.85. The molecule has 3 aromatic rings. The molecule has 0 saturated heterocycles. The highest BCUT2D eigenvalue weighted by atomic mass is 32.1. The molecular formula is C12H10N2OS2. The summed E-state index contributed by atoms with van der Waals surface area (Å²) in [6, 6.07) is 5.96. The number of hydrogen-bond donors (Lipinski definition) is 1. The minimum absolute atomic E-state index is 0.667. The summed E-state index contributed by atoms with van der Waals surface area (Å²) in [6.07, 6.45) is 0. The topological polar surface area (TPSA) is 38.9 Å². The van der Waals surface area contributed by atoms with E-state index in [9.17, 15) is 0 Å². The maximum atomic E-state index is 5.51. The molecule has 0 aliphatic rings. The highest BCUT2D eigenvalue weighted by molar-refractivity contribution is 7.79. The van der Waals surface area contributed by atoms with Crippen molar-refractivity contribution >= 4 is 35.1 Å². The molecule has 5 heteroatoms. The minimum atomic E-state index is 0.667. The fourth-order valence-corrected chi connectivity index (χ4v) is 2.79. The van der Waals surface area contributed by atoms with Crippen molar-refractivity contribution in [1.29, 1.82) is 0 Å². The van der Waals surface area contributed by atoms with Gasteiger partial charge in [0.2, 0.25) is 0 Å². The standard InChI is InChI=1S/C12H10N2OS2/c1-7-13-10-3-2-8(4-11(10)15-7)12-14-9(5-16)6-17-12/h2-4,6,16H,5H2,1H3. The number of rotatable bonds is 2. The van der Waals surface area contributed by atoms with Crippen LogP contribution in [0, 0.1) is 6.92 Å². The number of benzene rings is 1. The monoisotopic (exact) mass is 262 g/mol. The van der Waals surface area contributed by atoms with Crippen LogP contribution in [-0.4, -0.2) is 9.97 Å². The van der Waals surface area contributed by atoms with Gasteiger partial charge < -0.3 is 4.42 Å². The first kappa shape index (κ1) is 10.8. The lowest BCUT2D eigenvalue weighted by molar-refractivity contribution is 0.561. The van der Waals surface area contributed by atoms with Crippen molar-refractivity contribution in [1.82, 2.24) is 9.97 Å². The van der Waals surface area contributed by atoms with Gasteiger partial charge in [0, 0.05) is 23.6 Å². The third kappa shape index (κ3) is 1.96. The molecule has 0 saturated carbocycles. The average Bonchev–Trinajstić information content (AvgIpc) is 2.92. The lowest BCUT2D eigenvalue weighted by atomic mass is 10.2. The predicted molar refractivity (Wildman–Crippen MR) is 72.5 cm³/mol. The van der Waals surface area contributed by atoms with Gasteiger partial charge in [-0.05, 0) is 18.2 Å². The van der Waals surface area contributed by atoms with Crippen LogP contribution in [-0.2, 0) is 5.75 Å².